The average molecular weight is 333 g/mol. The minimum atomic E-state index is -0.985. The molecule has 0 aliphatic rings. The summed E-state index contributed by atoms with van der Waals surface area (Å²) >= 11 is 1.49. The Kier molecular flexibility index (Phi) is 6.17. The van der Waals surface area contributed by atoms with Crippen molar-refractivity contribution in [3.8, 4) is 0 Å². The van der Waals surface area contributed by atoms with Crippen molar-refractivity contribution in [1.82, 2.24) is 4.90 Å². The normalized spacial score (nSPS) is 11.7. The number of thiophene rings is 1. The molecule has 1 heterocycles. The van der Waals surface area contributed by atoms with Crippen molar-refractivity contribution in [3.05, 3.63) is 58.3 Å². The van der Waals surface area contributed by atoms with Gasteiger partial charge in [-0.3, -0.25) is 4.79 Å². The zero-order valence-corrected chi connectivity index (χ0v) is 13.7. The van der Waals surface area contributed by atoms with Crippen LogP contribution in [0.1, 0.15) is 29.9 Å². The maximum Gasteiger partial charge on any atom is 0.407 e. The van der Waals surface area contributed by atoms with Crippen LogP contribution in [0.4, 0.5) is 4.79 Å². The van der Waals surface area contributed by atoms with Crippen LogP contribution in [-0.4, -0.2) is 28.6 Å². The van der Waals surface area contributed by atoms with E-state index in [9.17, 15) is 14.7 Å². The lowest BCUT2D eigenvalue weighted by Gasteiger charge is -2.22. The van der Waals surface area contributed by atoms with Crippen molar-refractivity contribution >= 4 is 23.4 Å². The molecule has 0 fully saturated rings. The molecular weight excluding hydrogens is 314 g/mol. The SMILES string of the molecule is CC(=O)O[C@@H](CCN(Cc1ccccc1)C(=O)O)c1cccs1. The van der Waals surface area contributed by atoms with Gasteiger partial charge in [0.1, 0.15) is 6.10 Å². The van der Waals surface area contributed by atoms with Crippen molar-refractivity contribution in [2.75, 3.05) is 6.54 Å². The molecule has 2 aromatic rings. The van der Waals surface area contributed by atoms with Crippen LogP contribution in [0.3, 0.4) is 0 Å². The number of nitrogens with zero attached hydrogens (tertiary/aromatic N) is 1. The summed E-state index contributed by atoms with van der Waals surface area (Å²) in [6, 6.07) is 13.2. The summed E-state index contributed by atoms with van der Waals surface area (Å²) in [5.74, 6) is -0.367. The maximum absolute atomic E-state index is 11.4. The molecule has 0 aliphatic carbocycles. The molecule has 6 heteroatoms. The fourth-order valence-corrected chi connectivity index (χ4v) is 3.04. The second-order valence-corrected chi connectivity index (χ2v) is 6.07. The van der Waals surface area contributed by atoms with E-state index >= 15 is 0 Å². The lowest BCUT2D eigenvalue weighted by atomic mass is 10.2. The first-order valence-electron chi connectivity index (χ1n) is 7.28. The maximum atomic E-state index is 11.4. The molecule has 2 rings (SSSR count). The van der Waals surface area contributed by atoms with Crippen LogP contribution >= 0.6 is 11.3 Å². The van der Waals surface area contributed by atoms with E-state index in [1.165, 1.54) is 23.2 Å². The largest absolute Gasteiger partial charge is 0.465 e. The van der Waals surface area contributed by atoms with Crippen LogP contribution in [0, 0.1) is 0 Å². The minimum Gasteiger partial charge on any atom is -0.465 e. The Bertz CT molecular complexity index is 627. The topological polar surface area (TPSA) is 66.8 Å². The number of benzene rings is 1. The van der Waals surface area contributed by atoms with Gasteiger partial charge in [0, 0.05) is 31.3 Å². The highest BCUT2D eigenvalue weighted by atomic mass is 32.1. The molecule has 0 spiro atoms. The van der Waals surface area contributed by atoms with Gasteiger partial charge in [-0.2, -0.15) is 0 Å². The molecule has 0 radical (unpaired) electrons. The van der Waals surface area contributed by atoms with E-state index < -0.39 is 12.2 Å². The molecule has 122 valence electrons. The summed E-state index contributed by atoms with van der Waals surface area (Å²) in [4.78, 5) is 25.0. The van der Waals surface area contributed by atoms with Crippen molar-refractivity contribution in [1.29, 1.82) is 0 Å². The Morgan fingerprint density at radius 1 is 1.22 bits per heavy atom. The molecule has 1 N–H and O–H groups in total. The molecule has 1 aromatic heterocycles. The number of hydrogen-bond donors (Lipinski definition) is 1. The fourth-order valence-electron chi connectivity index (χ4n) is 2.25. The van der Waals surface area contributed by atoms with Gasteiger partial charge in [-0.1, -0.05) is 36.4 Å². The lowest BCUT2D eigenvalue weighted by Crippen LogP contribution is -2.31. The smallest absolute Gasteiger partial charge is 0.407 e. The number of hydrogen-bond acceptors (Lipinski definition) is 4. The number of ether oxygens (including phenoxy) is 1. The van der Waals surface area contributed by atoms with Gasteiger partial charge < -0.3 is 14.7 Å². The first-order chi connectivity index (χ1) is 11.1. The van der Waals surface area contributed by atoms with E-state index in [1.807, 2.05) is 47.8 Å². The second kappa shape index (κ2) is 8.33. The number of carbonyl (C=O) groups is 2. The quantitative estimate of drug-likeness (QED) is 0.780. The van der Waals surface area contributed by atoms with Crippen molar-refractivity contribution in [2.45, 2.75) is 26.0 Å². The first-order valence-corrected chi connectivity index (χ1v) is 8.16. The standard InChI is InChI=1S/C17H19NO4S/c1-13(19)22-15(16-8-5-11-23-16)9-10-18(17(20)21)12-14-6-3-2-4-7-14/h2-8,11,15H,9-10,12H2,1H3,(H,20,21)/t15-/m0/s1. The predicted molar refractivity (Wildman–Crippen MR) is 88.3 cm³/mol. The van der Waals surface area contributed by atoms with Gasteiger partial charge in [0.2, 0.25) is 0 Å². The highest BCUT2D eigenvalue weighted by Crippen LogP contribution is 2.26. The number of carbonyl (C=O) groups excluding carboxylic acids is 1. The number of carboxylic acid groups (broad SMARTS) is 1. The van der Waals surface area contributed by atoms with Crippen LogP contribution in [0.2, 0.25) is 0 Å². The Balaban J connectivity index is 2.01. The van der Waals surface area contributed by atoms with E-state index in [-0.39, 0.29) is 5.97 Å². The number of amides is 1. The van der Waals surface area contributed by atoms with Crippen molar-refractivity contribution < 1.29 is 19.4 Å². The Labute approximate surface area is 139 Å². The molecule has 1 aromatic carbocycles. The highest BCUT2D eigenvalue weighted by molar-refractivity contribution is 7.10. The highest BCUT2D eigenvalue weighted by Gasteiger charge is 2.20. The third-order valence-corrected chi connectivity index (χ3v) is 4.28. The predicted octanol–water partition coefficient (Wildman–Crippen LogP) is 3.92. The first kappa shape index (κ1) is 17.0. The van der Waals surface area contributed by atoms with Crippen LogP contribution in [0.5, 0.6) is 0 Å². The number of rotatable bonds is 7. The van der Waals surface area contributed by atoms with Crippen molar-refractivity contribution in [2.24, 2.45) is 0 Å². The summed E-state index contributed by atoms with van der Waals surface area (Å²) in [5, 5.41) is 11.3. The zero-order valence-electron chi connectivity index (χ0n) is 12.8. The molecule has 0 aliphatic heterocycles. The zero-order chi connectivity index (χ0) is 16.7. The van der Waals surface area contributed by atoms with E-state index in [1.54, 1.807) is 0 Å². The molecule has 0 saturated carbocycles. The number of esters is 1. The second-order valence-electron chi connectivity index (χ2n) is 5.09. The van der Waals surface area contributed by atoms with Gasteiger partial charge >= 0.3 is 12.1 Å². The summed E-state index contributed by atoms with van der Waals surface area (Å²) < 4.78 is 5.33. The summed E-state index contributed by atoms with van der Waals surface area (Å²) in [7, 11) is 0. The van der Waals surface area contributed by atoms with Gasteiger partial charge in [-0.05, 0) is 17.0 Å². The van der Waals surface area contributed by atoms with E-state index in [2.05, 4.69) is 0 Å². The van der Waals surface area contributed by atoms with Gasteiger partial charge in [0.15, 0.2) is 0 Å². The molecule has 1 amide bonds. The van der Waals surface area contributed by atoms with Crippen LogP contribution in [0.25, 0.3) is 0 Å². The molecule has 1 atom stereocenters. The fraction of sp³-hybridized carbons (Fsp3) is 0.294. The summed E-state index contributed by atoms with van der Waals surface area (Å²) in [6.07, 6.45) is -0.967. The Morgan fingerprint density at radius 2 is 1.96 bits per heavy atom. The van der Waals surface area contributed by atoms with Gasteiger partial charge in [-0.15, -0.1) is 11.3 Å². The van der Waals surface area contributed by atoms with Crippen LogP contribution in [-0.2, 0) is 16.1 Å². The summed E-state index contributed by atoms with van der Waals surface area (Å²) in [5.41, 5.74) is 0.926. The Morgan fingerprint density at radius 3 is 2.52 bits per heavy atom. The van der Waals surface area contributed by atoms with Gasteiger partial charge in [0.05, 0.1) is 0 Å². The van der Waals surface area contributed by atoms with E-state index in [0.717, 1.165) is 10.4 Å². The molecule has 0 saturated heterocycles. The van der Waals surface area contributed by atoms with E-state index in [0.29, 0.717) is 19.5 Å². The minimum absolute atomic E-state index is 0.292. The molecule has 0 bridgehead atoms. The van der Waals surface area contributed by atoms with Gasteiger partial charge in [0.25, 0.3) is 0 Å². The third kappa shape index (κ3) is 5.41. The molecular formula is C17H19NO4S. The van der Waals surface area contributed by atoms with Crippen LogP contribution in [0.15, 0.2) is 47.8 Å². The summed E-state index contributed by atoms with van der Waals surface area (Å²) in [6.45, 7) is 1.97. The van der Waals surface area contributed by atoms with E-state index in [4.69, 9.17) is 4.74 Å². The average Bonchev–Trinajstić information content (AvgIpc) is 3.04. The molecule has 5 nitrogen and oxygen atoms in total. The third-order valence-electron chi connectivity index (χ3n) is 3.32. The van der Waals surface area contributed by atoms with Gasteiger partial charge in [-0.25, -0.2) is 4.79 Å². The molecule has 0 unspecified atom stereocenters. The monoisotopic (exact) mass is 333 g/mol. The van der Waals surface area contributed by atoms with Crippen molar-refractivity contribution in [3.63, 3.8) is 0 Å². The lowest BCUT2D eigenvalue weighted by molar-refractivity contribution is -0.147. The van der Waals surface area contributed by atoms with Crippen LogP contribution < -0.4 is 0 Å². The molecule has 23 heavy (non-hydrogen) atoms. The Hall–Kier alpha value is -2.34.